The number of hydrogen-bond donors (Lipinski definition) is 3. The number of amides is 1. The molecule has 1 aliphatic heterocycles. The average molecular weight is 325 g/mol. The molecule has 0 fully saturated rings. The third kappa shape index (κ3) is 2.83. The van der Waals surface area contributed by atoms with Crippen molar-refractivity contribution in [1.29, 1.82) is 0 Å². The van der Waals surface area contributed by atoms with Crippen LogP contribution in [0.5, 0.6) is 0 Å². The van der Waals surface area contributed by atoms with Crippen molar-refractivity contribution in [3.05, 3.63) is 65.6 Å². The molecule has 1 amide bonds. The predicted molar refractivity (Wildman–Crippen MR) is 91.3 cm³/mol. The first-order valence-corrected chi connectivity index (χ1v) is 7.82. The third-order valence-electron chi connectivity index (χ3n) is 3.93. The van der Waals surface area contributed by atoms with Gasteiger partial charge in [0.05, 0.1) is 5.69 Å². The van der Waals surface area contributed by atoms with Crippen molar-refractivity contribution < 1.29 is 15.0 Å². The van der Waals surface area contributed by atoms with E-state index >= 15 is 0 Å². The van der Waals surface area contributed by atoms with Crippen LogP contribution in [0.2, 0.25) is 0 Å². The second kappa shape index (κ2) is 6.72. The molecule has 6 heteroatoms. The van der Waals surface area contributed by atoms with E-state index in [0.717, 1.165) is 12.1 Å². The number of nitrogens with one attached hydrogen (secondary N) is 1. The van der Waals surface area contributed by atoms with Gasteiger partial charge in [0.15, 0.2) is 6.23 Å². The first-order valence-electron chi connectivity index (χ1n) is 7.82. The molecule has 2 aromatic rings. The number of anilines is 1. The van der Waals surface area contributed by atoms with Crippen molar-refractivity contribution in [1.82, 2.24) is 10.3 Å². The van der Waals surface area contributed by atoms with E-state index in [9.17, 15) is 15.0 Å². The van der Waals surface area contributed by atoms with E-state index in [2.05, 4.69) is 10.3 Å². The minimum atomic E-state index is -1.12. The summed E-state index contributed by atoms with van der Waals surface area (Å²) in [6.45, 7) is 2.60. The zero-order valence-electron chi connectivity index (χ0n) is 13.3. The fourth-order valence-corrected chi connectivity index (χ4v) is 2.78. The van der Waals surface area contributed by atoms with E-state index in [1.807, 2.05) is 19.1 Å². The van der Waals surface area contributed by atoms with Gasteiger partial charge in [-0.3, -0.25) is 9.78 Å². The van der Waals surface area contributed by atoms with Crippen LogP contribution < -0.4 is 10.2 Å². The topological polar surface area (TPSA) is 85.7 Å². The zero-order chi connectivity index (χ0) is 17.1. The van der Waals surface area contributed by atoms with E-state index in [1.165, 1.54) is 12.4 Å². The van der Waals surface area contributed by atoms with Gasteiger partial charge in [0.2, 0.25) is 0 Å². The summed E-state index contributed by atoms with van der Waals surface area (Å²) in [5.74, 6) is -0.526. The smallest absolute Gasteiger partial charge is 0.255 e. The molecule has 0 bridgehead atoms. The summed E-state index contributed by atoms with van der Waals surface area (Å²) in [5.41, 5.74) is 1.81. The number of fused-ring (bicyclic) bond motifs is 1. The minimum Gasteiger partial charge on any atom is -0.505 e. The highest BCUT2D eigenvalue weighted by molar-refractivity contribution is 5.96. The molecule has 2 heterocycles. The van der Waals surface area contributed by atoms with Crippen molar-refractivity contribution in [3.63, 3.8) is 0 Å². The molecular weight excluding hydrogens is 306 g/mol. The molecule has 0 spiro atoms. The standard InChI is InChI=1S/C18H19N3O3/c1-2-11-21-14-6-4-3-5-13(14)16(22)15(18(21)24)20-17(23)12-7-9-19-10-8-12/h3-10,18,22,24H,2,11H2,1H3,(H,20,23). The number of rotatable bonds is 4. The molecule has 1 aromatic heterocycles. The predicted octanol–water partition coefficient (Wildman–Crippen LogP) is 2.29. The van der Waals surface area contributed by atoms with E-state index in [1.54, 1.807) is 29.2 Å². The number of nitrogens with zero attached hydrogens (tertiary/aromatic N) is 2. The summed E-state index contributed by atoms with van der Waals surface area (Å²) >= 11 is 0. The van der Waals surface area contributed by atoms with Crippen molar-refractivity contribution in [2.24, 2.45) is 0 Å². The van der Waals surface area contributed by atoms with Crippen LogP contribution in [0.15, 0.2) is 54.5 Å². The van der Waals surface area contributed by atoms with Gasteiger partial charge in [-0.2, -0.15) is 0 Å². The lowest BCUT2D eigenvalue weighted by molar-refractivity contribution is 0.0944. The highest BCUT2D eigenvalue weighted by atomic mass is 16.3. The number of carbonyl (C=O) groups is 1. The van der Waals surface area contributed by atoms with Crippen molar-refractivity contribution in [3.8, 4) is 0 Å². The van der Waals surface area contributed by atoms with Gasteiger partial charge in [-0.05, 0) is 30.7 Å². The maximum Gasteiger partial charge on any atom is 0.255 e. The summed E-state index contributed by atoms with van der Waals surface area (Å²) < 4.78 is 0. The van der Waals surface area contributed by atoms with Gasteiger partial charge in [-0.25, -0.2) is 0 Å². The Bertz CT molecular complexity index is 774. The summed E-state index contributed by atoms with van der Waals surface area (Å²) in [6.07, 6.45) is 2.72. The first kappa shape index (κ1) is 16.0. The van der Waals surface area contributed by atoms with Crippen LogP contribution in [0.25, 0.3) is 5.76 Å². The Morgan fingerprint density at radius 3 is 2.67 bits per heavy atom. The van der Waals surface area contributed by atoms with E-state index in [0.29, 0.717) is 17.7 Å². The zero-order valence-corrected chi connectivity index (χ0v) is 13.3. The third-order valence-corrected chi connectivity index (χ3v) is 3.93. The summed E-state index contributed by atoms with van der Waals surface area (Å²) in [7, 11) is 0. The van der Waals surface area contributed by atoms with Gasteiger partial charge in [0, 0.05) is 30.1 Å². The van der Waals surface area contributed by atoms with Gasteiger partial charge in [0.1, 0.15) is 11.5 Å². The Hall–Kier alpha value is -2.86. The lowest BCUT2D eigenvalue weighted by Crippen LogP contribution is -2.46. The Labute approximate surface area is 140 Å². The number of aromatic nitrogens is 1. The number of pyridine rings is 1. The normalized spacial score (nSPS) is 16.8. The van der Waals surface area contributed by atoms with Gasteiger partial charge in [-0.1, -0.05) is 19.1 Å². The Kier molecular flexibility index (Phi) is 4.48. The second-order valence-corrected chi connectivity index (χ2v) is 5.54. The van der Waals surface area contributed by atoms with Crippen molar-refractivity contribution in [2.75, 3.05) is 11.4 Å². The molecule has 0 saturated heterocycles. The highest BCUT2D eigenvalue weighted by Gasteiger charge is 2.32. The van der Waals surface area contributed by atoms with Gasteiger partial charge < -0.3 is 20.4 Å². The Morgan fingerprint density at radius 2 is 1.96 bits per heavy atom. The molecule has 0 aliphatic carbocycles. The largest absolute Gasteiger partial charge is 0.505 e. The second-order valence-electron chi connectivity index (χ2n) is 5.54. The fourth-order valence-electron chi connectivity index (χ4n) is 2.78. The molecule has 124 valence electrons. The van der Waals surface area contributed by atoms with E-state index < -0.39 is 12.1 Å². The van der Waals surface area contributed by atoms with E-state index in [-0.39, 0.29) is 11.5 Å². The first-order chi connectivity index (χ1) is 11.6. The maximum absolute atomic E-state index is 12.4. The molecule has 1 atom stereocenters. The summed E-state index contributed by atoms with van der Waals surface area (Å²) in [5, 5.41) is 23.8. The van der Waals surface area contributed by atoms with Gasteiger partial charge in [0.25, 0.3) is 5.91 Å². The van der Waals surface area contributed by atoms with Gasteiger partial charge in [-0.15, -0.1) is 0 Å². The minimum absolute atomic E-state index is 0.0870. The van der Waals surface area contributed by atoms with Crippen LogP contribution in [0.4, 0.5) is 5.69 Å². The average Bonchev–Trinajstić information content (AvgIpc) is 2.63. The molecule has 24 heavy (non-hydrogen) atoms. The molecule has 6 nitrogen and oxygen atoms in total. The molecular formula is C18H19N3O3. The molecule has 3 N–H and O–H groups in total. The lowest BCUT2D eigenvalue weighted by atomic mass is 10.0. The van der Waals surface area contributed by atoms with Crippen molar-refractivity contribution in [2.45, 2.75) is 19.6 Å². The SMILES string of the molecule is CCCN1c2ccccc2C(O)=C(NC(=O)c2ccncc2)C1O. The lowest BCUT2D eigenvalue weighted by Gasteiger charge is -2.36. The maximum atomic E-state index is 12.4. The molecule has 1 unspecified atom stereocenters. The number of aliphatic hydroxyl groups is 2. The molecule has 0 saturated carbocycles. The molecule has 3 rings (SSSR count). The number of carbonyl (C=O) groups excluding carboxylic acids is 1. The summed E-state index contributed by atoms with van der Waals surface area (Å²) in [6, 6.07) is 10.4. The van der Waals surface area contributed by atoms with Crippen LogP contribution in [0.3, 0.4) is 0 Å². The van der Waals surface area contributed by atoms with Crippen LogP contribution in [0, 0.1) is 0 Å². The Morgan fingerprint density at radius 1 is 1.25 bits per heavy atom. The van der Waals surface area contributed by atoms with E-state index in [4.69, 9.17) is 0 Å². The van der Waals surface area contributed by atoms with Crippen LogP contribution in [-0.4, -0.2) is 33.9 Å². The number of benzene rings is 1. The number of aliphatic hydroxyl groups excluding tert-OH is 2. The van der Waals surface area contributed by atoms with Gasteiger partial charge >= 0.3 is 0 Å². The van der Waals surface area contributed by atoms with Crippen LogP contribution >= 0.6 is 0 Å². The Balaban J connectivity index is 1.98. The number of para-hydroxylation sites is 1. The number of hydrogen-bond acceptors (Lipinski definition) is 5. The molecule has 0 radical (unpaired) electrons. The molecule has 1 aromatic carbocycles. The quantitative estimate of drug-likeness (QED) is 0.803. The molecule has 1 aliphatic rings. The summed E-state index contributed by atoms with van der Waals surface area (Å²) in [4.78, 5) is 18.0. The van der Waals surface area contributed by atoms with Crippen LogP contribution in [0.1, 0.15) is 29.3 Å². The monoisotopic (exact) mass is 325 g/mol. The van der Waals surface area contributed by atoms with Crippen molar-refractivity contribution >= 4 is 17.4 Å². The fraction of sp³-hybridized carbons (Fsp3) is 0.222. The van der Waals surface area contributed by atoms with Crippen LogP contribution in [-0.2, 0) is 0 Å². The highest BCUT2D eigenvalue weighted by Crippen LogP contribution is 2.35.